The Bertz CT molecular complexity index is 623. The third-order valence-corrected chi connectivity index (χ3v) is 2.94. The van der Waals surface area contributed by atoms with E-state index in [1.807, 2.05) is 24.3 Å². The summed E-state index contributed by atoms with van der Waals surface area (Å²) in [4.78, 5) is 15.4. The average Bonchev–Trinajstić information content (AvgIpc) is 2.38. The molecular weight excluding hydrogens is 244 g/mol. The van der Waals surface area contributed by atoms with Gasteiger partial charge in [0.05, 0.1) is 7.11 Å². The molecular formula is C14H16N2O3. The lowest BCUT2D eigenvalue weighted by Crippen LogP contribution is -2.40. The van der Waals surface area contributed by atoms with Crippen LogP contribution in [0.1, 0.15) is 13.8 Å². The van der Waals surface area contributed by atoms with Gasteiger partial charge in [0.15, 0.2) is 0 Å². The van der Waals surface area contributed by atoms with Gasteiger partial charge in [-0.25, -0.2) is 9.78 Å². The smallest absolute Gasteiger partial charge is 0.328 e. The number of carbonyl (C=O) groups is 1. The van der Waals surface area contributed by atoms with Crippen LogP contribution in [0.15, 0.2) is 30.5 Å². The Morgan fingerprint density at radius 2 is 2.11 bits per heavy atom. The molecule has 2 N–H and O–H groups in total. The zero-order valence-electron chi connectivity index (χ0n) is 11.1. The lowest BCUT2D eigenvalue weighted by atomic mass is 10.1. The van der Waals surface area contributed by atoms with Gasteiger partial charge < -0.3 is 15.2 Å². The van der Waals surface area contributed by atoms with E-state index in [-0.39, 0.29) is 0 Å². The largest absolute Gasteiger partial charge is 0.497 e. The van der Waals surface area contributed by atoms with E-state index in [0.717, 1.165) is 16.5 Å². The van der Waals surface area contributed by atoms with Gasteiger partial charge in [-0.15, -0.1) is 0 Å². The summed E-state index contributed by atoms with van der Waals surface area (Å²) in [6, 6.07) is 7.43. The number of ether oxygens (including phenoxy) is 1. The Kier molecular flexibility index (Phi) is 3.29. The lowest BCUT2D eigenvalue weighted by Gasteiger charge is -2.22. The second-order valence-corrected chi connectivity index (χ2v) is 4.80. The van der Waals surface area contributed by atoms with Crippen molar-refractivity contribution in [1.29, 1.82) is 0 Å². The molecule has 0 aliphatic rings. The number of carboxylic acid groups (broad SMARTS) is 1. The molecule has 0 bridgehead atoms. The van der Waals surface area contributed by atoms with Crippen LogP contribution in [0.4, 0.5) is 5.82 Å². The van der Waals surface area contributed by atoms with Gasteiger partial charge in [-0.1, -0.05) is 0 Å². The van der Waals surface area contributed by atoms with Crippen LogP contribution in [0.25, 0.3) is 10.8 Å². The predicted molar refractivity (Wildman–Crippen MR) is 73.6 cm³/mol. The first-order chi connectivity index (χ1) is 8.94. The molecule has 0 aliphatic carbocycles. The summed E-state index contributed by atoms with van der Waals surface area (Å²) in [6.45, 7) is 3.19. The highest BCUT2D eigenvalue weighted by molar-refractivity contribution is 5.94. The molecule has 19 heavy (non-hydrogen) atoms. The molecule has 0 unspecified atom stereocenters. The second-order valence-electron chi connectivity index (χ2n) is 4.80. The first kappa shape index (κ1) is 13.1. The zero-order valence-corrected chi connectivity index (χ0v) is 11.1. The van der Waals surface area contributed by atoms with Gasteiger partial charge in [-0.05, 0) is 43.5 Å². The number of carboxylic acids is 1. The summed E-state index contributed by atoms with van der Waals surface area (Å²) < 4.78 is 5.17. The maximum Gasteiger partial charge on any atom is 0.328 e. The van der Waals surface area contributed by atoms with Gasteiger partial charge in [0, 0.05) is 11.6 Å². The van der Waals surface area contributed by atoms with E-state index in [4.69, 9.17) is 9.84 Å². The Hall–Kier alpha value is -2.30. The minimum atomic E-state index is -1.08. The van der Waals surface area contributed by atoms with Crippen LogP contribution in [-0.2, 0) is 4.79 Å². The Labute approximate surface area is 111 Å². The van der Waals surface area contributed by atoms with Crippen molar-refractivity contribution >= 4 is 22.6 Å². The van der Waals surface area contributed by atoms with Crippen molar-refractivity contribution in [3.63, 3.8) is 0 Å². The van der Waals surface area contributed by atoms with Crippen LogP contribution in [0.2, 0.25) is 0 Å². The van der Waals surface area contributed by atoms with Crippen molar-refractivity contribution in [2.75, 3.05) is 12.4 Å². The number of benzene rings is 1. The number of hydrogen-bond donors (Lipinski definition) is 2. The van der Waals surface area contributed by atoms with E-state index in [9.17, 15) is 4.79 Å². The van der Waals surface area contributed by atoms with Gasteiger partial charge in [0.2, 0.25) is 0 Å². The molecule has 0 radical (unpaired) electrons. The topological polar surface area (TPSA) is 71.5 Å². The summed E-state index contributed by atoms with van der Waals surface area (Å²) in [5.74, 6) is 0.370. The number of hydrogen-bond acceptors (Lipinski definition) is 4. The van der Waals surface area contributed by atoms with Gasteiger partial charge in [-0.2, -0.15) is 0 Å². The van der Waals surface area contributed by atoms with Crippen molar-refractivity contribution in [3.8, 4) is 5.75 Å². The summed E-state index contributed by atoms with van der Waals surface area (Å²) in [5, 5.41) is 13.9. The fraction of sp³-hybridized carbons (Fsp3) is 0.286. The summed E-state index contributed by atoms with van der Waals surface area (Å²) in [7, 11) is 1.61. The molecule has 100 valence electrons. The number of aromatic nitrogens is 1. The maximum absolute atomic E-state index is 11.2. The summed E-state index contributed by atoms with van der Waals surface area (Å²) in [6.07, 6.45) is 1.64. The van der Waals surface area contributed by atoms with Gasteiger partial charge >= 0.3 is 5.97 Å². The van der Waals surface area contributed by atoms with Crippen molar-refractivity contribution in [2.24, 2.45) is 0 Å². The van der Waals surface area contributed by atoms with E-state index in [2.05, 4.69) is 10.3 Å². The van der Waals surface area contributed by atoms with Gasteiger partial charge in [0.25, 0.3) is 0 Å². The third kappa shape index (κ3) is 2.59. The highest BCUT2D eigenvalue weighted by Crippen LogP contribution is 2.27. The number of methoxy groups -OCH3 is 1. The molecule has 5 nitrogen and oxygen atoms in total. The molecule has 1 heterocycles. The van der Waals surface area contributed by atoms with Crippen molar-refractivity contribution in [2.45, 2.75) is 19.4 Å². The Morgan fingerprint density at radius 3 is 2.74 bits per heavy atom. The first-order valence-electron chi connectivity index (χ1n) is 5.88. The van der Waals surface area contributed by atoms with Crippen LogP contribution >= 0.6 is 0 Å². The molecule has 0 amide bonds. The normalized spacial score (nSPS) is 11.3. The fourth-order valence-corrected chi connectivity index (χ4v) is 1.73. The minimum Gasteiger partial charge on any atom is -0.497 e. The number of anilines is 1. The number of nitrogens with zero attached hydrogens (tertiary/aromatic N) is 1. The lowest BCUT2D eigenvalue weighted by molar-refractivity contribution is -0.141. The first-order valence-corrected chi connectivity index (χ1v) is 5.88. The maximum atomic E-state index is 11.2. The fourth-order valence-electron chi connectivity index (χ4n) is 1.73. The molecule has 0 aliphatic heterocycles. The highest BCUT2D eigenvalue weighted by atomic mass is 16.5. The SMILES string of the molecule is COc1ccc2c(NC(C)(C)C(=O)O)nccc2c1. The Balaban J connectivity index is 2.47. The van der Waals surface area contributed by atoms with Crippen molar-refractivity contribution in [1.82, 2.24) is 4.98 Å². The summed E-state index contributed by atoms with van der Waals surface area (Å²) >= 11 is 0. The van der Waals surface area contributed by atoms with Crippen LogP contribution in [0.5, 0.6) is 5.75 Å². The van der Waals surface area contributed by atoms with Gasteiger partial charge in [0.1, 0.15) is 17.1 Å². The van der Waals surface area contributed by atoms with Gasteiger partial charge in [-0.3, -0.25) is 0 Å². The minimum absolute atomic E-state index is 0.549. The van der Waals surface area contributed by atoms with Crippen LogP contribution in [-0.4, -0.2) is 28.7 Å². The van der Waals surface area contributed by atoms with E-state index in [1.54, 1.807) is 27.2 Å². The number of pyridine rings is 1. The van der Waals surface area contributed by atoms with E-state index in [1.165, 1.54) is 0 Å². The molecule has 0 atom stereocenters. The Morgan fingerprint density at radius 1 is 1.37 bits per heavy atom. The molecule has 2 aromatic rings. The monoisotopic (exact) mass is 260 g/mol. The third-order valence-electron chi connectivity index (χ3n) is 2.94. The highest BCUT2D eigenvalue weighted by Gasteiger charge is 2.27. The standard InChI is InChI=1S/C14H16N2O3/c1-14(2,13(17)18)16-12-11-5-4-10(19-3)8-9(11)6-7-15-12/h4-8H,1-3H3,(H,15,16)(H,17,18). The molecule has 1 aromatic heterocycles. The number of aliphatic carboxylic acids is 1. The zero-order chi connectivity index (χ0) is 14.0. The molecule has 2 rings (SSSR count). The van der Waals surface area contributed by atoms with Crippen molar-refractivity contribution in [3.05, 3.63) is 30.5 Å². The molecule has 5 heteroatoms. The molecule has 0 saturated carbocycles. The van der Waals surface area contributed by atoms with E-state index in [0.29, 0.717) is 5.82 Å². The number of rotatable bonds is 4. The predicted octanol–water partition coefficient (Wildman–Crippen LogP) is 2.52. The molecule has 0 spiro atoms. The number of fused-ring (bicyclic) bond motifs is 1. The van der Waals surface area contributed by atoms with E-state index < -0.39 is 11.5 Å². The molecule has 0 saturated heterocycles. The number of nitrogens with one attached hydrogen (secondary N) is 1. The summed E-state index contributed by atoms with van der Waals surface area (Å²) in [5.41, 5.74) is -1.08. The molecule has 0 fully saturated rings. The van der Waals surface area contributed by atoms with Crippen LogP contribution < -0.4 is 10.1 Å². The van der Waals surface area contributed by atoms with Crippen LogP contribution in [0, 0.1) is 0 Å². The quantitative estimate of drug-likeness (QED) is 0.883. The molecule has 1 aromatic carbocycles. The van der Waals surface area contributed by atoms with Crippen LogP contribution in [0.3, 0.4) is 0 Å². The second kappa shape index (κ2) is 4.76. The average molecular weight is 260 g/mol. The van der Waals surface area contributed by atoms with Crippen molar-refractivity contribution < 1.29 is 14.6 Å². The van der Waals surface area contributed by atoms with E-state index >= 15 is 0 Å².